The summed E-state index contributed by atoms with van der Waals surface area (Å²) in [4.78, 5) is 22.9. The first-order valence-electron chi connectivity index (χ1n) is 6.68. The Morgan fingerprint density at radius 3 is 2.45 bits per heavy atom. The fourth-order valence-corrected chi connectivity index (χ4v) is 2.23. The number of hydrogen-bond donors (Lipinski definition) is 2. The number of carbonyl (C=O) groups is 2. The normalized spacial score (nSPS) is 23.8. The molecule has 108 valence electrons. The third-order valence-electron chi connectivity index (χ3n) is 3.93. The van der Waals surface area contributed by atoms with Gasteiger partial charge in [0.2, 0.25) is 5.91 Å². The van der Waals surface area contributed by atoms with Gasteiger partial charge in [-0.2, -0.15) is 0 Å². The summed E-state index contributed by atoms with van der Waals surface area (Å²) in [6, 6.07) is 5.75. The number of carboxylic acids is 1. The van der Waals surface area contributed by atoms with Gasteiger partial charge in [0.15, 0.2) is 0 Å². The molecule has 20 heavy (non-hydrogen) atoms. The van der Waals surface area contributed by atoms with Crippen LogP contribution in [0, 0.1) is 17.7 Å². The van der Waals surface area contributed by atoms with Gasteiger partial charge in [-0.15, -0.1) is 0 Å². The highest BCUT2D eigenvalue weighted by molar-refractivity contribution is 5.83. The molecule has 1 aliphatic carbocycles. The summed E-state index contributed by atoms with van der Waals surface area (Å²) >= 11 is 0. The predicted octanol–water partition coefficient (Wildman–Crippen LogP) is 2.15. The summed E-state index contributed by atoms with van der Waals surface area (Å²) in [5.41, 5.74) is 0.950. The lowest BCUT2D eigenvalue weighted by atomic mass is 10.0. The van der Waals surface area contributed by atoms with Crippen LogP contribution >= 0.6 is 0 Å². The summed E-state index contributed by atoms with van der Waals surface area (Å²) in [6.45, 7) is 3.25. The molecule has 0 aliphatic heterocycles. The SMILES string of the molecule is CC(NC(=O)C1CC1c1ccc(F)cc1)C(C)C(=O)O. The fourth-order valence-electron chi connectivity index (χ4n) is 2.23. The van der Waals surface area contributed by atoms with Crippen LogP contribution in [0.1, 0.15) is 31.7 Å². The quantitative estimate of drug-likeness (QED) is 0.868. The minimum absolute atomic E-state index is 0.114. The highest BCUT2D eigenvalue weighted by Gasteiger charge is 2.44. The molecule has 0 spiro atoms. The van der Waals surface area contributed by atoms with Crippen molar-refractivity contribution in [3.8, 4) is 0 Å². The van der Waals surface area contributed by atoms with Gasteiger partial charge in [-0.25, -0.2) is 4.39 Å². The minimum Gasteiger partial charge on any atom is -0.481 e. The minimum atomic E-state index is -0.927. The van der Waals surface area contributed by atoms with E-state index in [9.17, 15) is 14.0 Å². The molecule has 0 aromatic heterocycles. The van der Waals surface area contributed by atoms with E-state index >= 15 is 0 Å². The molecule has 1 aromatic carbocycles. The van der Waals surface area contributed by atoms with Crippen molar-refractivity contribution in [3.05, 3.63) is 35.6 Å². The van der Waals surface area contributed by atoms with Crippen molar-refractivity contribution in [3.63, 3.8) is 0 Å². The van der Waals surface area contributed by atoms with E-state index in [0.29, 0.717) is 0 Å². The molecular weight excluding hydrogens is 261 g/mol. The largest absolute Gasteiger partial charge is 0.481 e. The van der Waals surface area contributed by atoms with Crippen molar-refractivity contribution >= 4 is 11.9 Å². The van der Waals surface area contributed by atoms with E-state index in [2.05, 4.69) is 5.32 Å². The summed E-state index contributed by atoms with van der Waals surface area (Å²) in [5.74, 6) is -1.99. The first kappa shape index (κ1) is 14.5. The molecule has 5 heteroatoms. The molecule has 2 N–H and O–H groups in total. The van der Waals surface area contributed by atoms with Crippen molar-refractivity contribution < 1.29 is 19.1 Å². The van der Waals surface area contributed by atoms with Crippen LogP contribution in [0.25, 0.3) is 0 Å². The zero-order valence-electron chi connectivity index (χ0n) is 11.5. The van der Waals surface area contributed by atoms with Gasteiger partial charge in [0.1, 0.15) is 5.82 Å². The highest BCUT2D eigenvalue weighted by Crippen LogP contribution is 2.47. The molecule has 0 saturated heterocycles. The van der Waals surface area contributed by atoms with Crippen molar-refractivity contribution in [2.24, 2.45) is 11.8 Å². The second-order valence-corrected chi connectivity index (χ2v) is 5.42. The third-order valence-corrected chi connectivity index (χ3v) is 3.93. The maximum atomic E-state index is 12.8. The standard InChI is InChI=1S/C15H18FNO3/c1-8(15(19)20)9(2)17-14(18)13-7-12(13)10-3-5-11(16)6-4-10/h3-6,8-9,12-13H,7H2,1-2H3,(H,17,18)(H,19,20). The average molecular weight is 279 g/mol. The van der Waals surface area contributed by atoms with E-state index in [0.717, 1.165) is 12.0 Å². The van der Waals surface area contributed by atoms with Crippen molar-refractivity contribution in [1.82, 2.24) is 5.32 Å². The van der Waals surface area contributed by atoms with Gasteiger partial charge in [-0.3, -0.25) is 9.59 Å². The van der Waals surface area contributed by atoms with Crippen molar-refractivity contribution in [1.29, 1.82) is 0 Å². The maximum absolute atomic E-state index is 12.8. The molecule has 4 nitrogen and oxygen atoms in total. The first-order chi connectivity index (χ1) is 9.40. The molecular formula is C15H18FNO3. The van der Waals surface area contributed by atoms with Crippen molar-refractivity contribution in [2.75, 3.05) is 0 Å². The van der Waals surface area contributed by atoms with E-state index in [1.807, 2.05) is 0 Å². The van der Waals surface area contributed by atoms with Crippen LogP contribution in [0.3, 0.4) is 0 Å². The predicted molar refractivity (Wildman–Crippen MR) is 71.7 cm³/mol. The van der Waals surface area contributed by atoms with Gasteiger partial charge in [-0.05, 0) is 43.9 Å². The summed E-state index contributed by atoms with van der Waals surface area (Å²) in [7, 11) is 0. The molecule has 1 amide bonds. The molecule has 1 aliphatic rings. The Morgan fingerprint density at radius 1 is 1.30 bits per heavy atom. The number of aliphatic carboxylic acids is 1. The smallest absolute Gasteiger partial charge is 0.308 e. The molecule has 0 radical (unpaired) electrons. The highest BCUT2D eigenvalue weighted by atomic mass is 19.1. The summed E-state index contributed by atoms with van der Waals surface area (Å²) in [5, 5.41) is 11.6. The number of amides is 1. The Morgan fingerprint density at radius 2 is 1.90 bits per heavy atom. The Hall–Kier alpha value is -1.91. The van der Waals surface area contributed by atoms with Crippen LogP contribution in [0.4, 0.5) is 4.39 Å². The number of benzene rings is 1. The van der Waals surface area contributed by atoms with Crippen LogP contribution in [0.2, 0.25) is 0 Å². The summed E-state index contributed by atoms with van der Waals surface area (Å²) < 4.78 is 12.8. The number of carbonyl (C=O) groups excluding carboxylic acids is 1. The second-order valence-electron chi connectivity index (χ2n) is 5.42. The Labute approximate surface area is 117 Å². The molecule has 2 rings (SSSR count). The van der Waals surface area contributed by atoms with Gasteiger partial charge in [-0.1, -0.05) is 12.1 Å². The third kappa shape index (κ3) is 3.15. The van der Waals surface area contributed by atoms with Crippen LogP contribution < -0.4 is 5.32 Å². The maximum Gasteiger partial charge on any atom is 0.308 e. The van der Waals surface area contributed by atoms with Crippen LogP contribution in [0.15, 0.2) is 24.3 Å². The lowest BCUT2D eigenvalue weighted by molar-refractivity contribution is -0.142. The van der Waals surface area contributed by atoms with E-state index in [1.165, 1.54) is 12.1 Å². The van der Waals surface area contributed by atoms with E-state index in [1.54, 1.807) is 26.0 Å². The zero-order chi connectivity index (χ0) is 14.9. The first-order valence-corrected chi connectivity index (χ1v) is 6.68. The number of halogens is 1. The summed E-state index contributed by atoms with van der Waals surface area (Å²) in [6.07, 6.45) is 0.728. The van der Waals surface area contributed by atoms with Gasteiger partial charge >= 0.3 is 5.97 Å². The van der Waals surface area contributed by atoms with Crippen LogP contribution in [-0.2, 0) is 9.59 Å². The van der Waals surface area contributed by atoms with Gasteiger partial charge < -0.3 is 10.4 Å². The molecule has 1 fully saturated rings. The molecule has 0 bridgehead atoms. The van der Waals surface area contributed by atoms with E-state index in [-0.39, 0.29) is 23.6 Å². The van der Waals surface area contributed by atoms with Gasteiger partial charge in [0.25, 0.3) is 0 Å². The van der Waals surface area contributed by atoms with Crippen LogP contribution in [0.5, 0.6) is 0 Å². The topological polar surface area (TPSA) is 66.4 Å². The van der Waals surface area contributed by atoms with Crippen molar-refractivity contribution in [2.45, 2.75) is 32.2 Å². The monoisotopic (exact) mass is 279 g/mol. The fraction of sp³-hybridized carbons (Fsp3) is 0.467. The average Bonchev–Trinajstić information content (AvgIpc) is 3.18. The lowest BCUT2D eigenvalue weighted by Crippen LogP contribution is -2.40. The number of rotatable bonds is 5. The lowest BCUT2D eigenvalue weighted by Gasteiger charge is -2.17. The van der Waals surface area contributed by atoms with Gasteiger partial charge in [0.05, 0.1) is 5.92 Å². The molecule has 4 atom stereocenters. The van der Waals surface area contributed by atoms with E-state index < -0.39 is 17.9 Å². The molecule has 0 heterocycles. The Bertz CT molecular complexity index is 514. The number of nitrogens with one attached hydrogen (secondary N) is 1. The molecule has 4 unspecified atom stereocenters. The second kappa shape index (κ2) is 5.61. The Kier molecular flexibility index (Phi) is 4.06. The molecule has 1 aromatic rings. The number of hydrogen-bond acceptors (Lipinski definition) is 2. The van der Waals surface area contributed by atoms with Crippen LogP contribution in [-0.4, -0.2) is 23.0 Å². The number of carboxylic acid groups (broad SMARTS) is 1. The Balaban J connectivity index is 1.90. The zero-order valence-corrected chi connectivity index (χ0v) is 11.5. The van der Waals surface area contributed by atoms with E-state index in [4.69, 9.17) is 5.11 Å². The van der Waals surface area contributed by atoms with Gasteiger partial charge in [0, 0.05) is 12.0 Å². The molecule has 1 saturated carbocycles.